The first-order valence-electron chi connectivity index (χ1n) is 5.19. The van der Waals surface area contributed by atoms with Crippen LogP contribution in [0.1, 0.15) is 12.3 Å². The largest absolute Gasteiger partial charge is 0.448 e. The van der Waals surface area contributed by atoms with Crippen molar-refractivity contribution in [3.8, 4) is 0 Å². The van der Waals surface area contributed by atoms with E-state index in [2.05, 4.69) is 4.98 Å². The topological polar surface area (TPSA) is 89.4 Å². The first kappa shape index (κ1) is 11.6. The Balaban J connectivity index is 2.05. The molecule has 0 aromatic carbocycles. The normalized spacial score (nSPS) is 23.9. The molecular weight excluding hydrogens is 229 g/mol. The molecule has 2 heterocycles. The van der Waals surface area contributed by atoms with Gasteiger partial charge in [-0.05, 0) is 0 Å². The van der Waals surface area contributed by atoms with Crippen LogP contribution >= 0.6 is 0 Å². The molecule has 2 N–H and O–H groups in total. The van der Waals surface area contributed by atoms with Crippen LogP contribution in [-0.4, -0.2) is 40.5 Å². The second-order valence-corrected chi connectivity index (χ2v) is 3.90. The van der Waals surface area contributed by atoms with E-state index in [1.807, 2.05) is 0 Å². The van der Waals surface area contributed by atoms with Crippen LogP contribution < -0.4 is 5.73 Å². The predicted octanol–water partition coefficient (Wildman–Crippen LogP) is -0.359. The first-order valence-corrected chi connectivity index (χ1v) is 5.19. The van der Waals surface area contributed by atoms with Crippen LogP contribution in [-0.2, 0) is 16.0 Å². The zero-order chi connectivity index (χ0) is 12.4. The Morgan fingerprint density at radius 1 is 1.65 bits per heavy atom. The van der Waals surface area contributed by atoms with E-state index in [0.717, 1.165) is 4.90 Å². The molecule has 17 heavy (non-hydrogen) atoms. The summed E-state index contributed by atoms with van der Waals surface area (Å²) >= 11 is 0. The van der Waals surface area contributed by atoms with Crippen LogP contribution in [0.2, 0.25) is 0 Å². The molecule has 0 bridgehead atoms. The van der Waals surface area contributed by atoms with Crippen LogP contribution in [0.3, 0.4) is 0 Å². The molecule has 92 valence electrons. The summed E-state index contributed by atoms with van der Waals surface area (Å²) in [4.78, 5) is 27.9. The van der Waals surface area contributed by atoms with Gasteiger partial charge in [-0.1, -0.05) is 0 Å². The number of likely N-dealkylation sites (tertiary alicyclic amines) is 1. The number of nitrogens with two attached hydrogens (primary N) is 1. The van der Waals surface area contributed by atoms with Crippen molar-refractivity contribution in [3.63, 3.8) is 0 Å². The summed E-state index contributed by atoms with van der Waals surface area (Å²) < 4.78 is 18.1. The number of carbonyl (C=O) groups is 2. The number of carbonyl (C=O) groups excluding carboxylic acids is 2. The van der Waals surface area contributed by atoms with Gasteiger partial charge in [0.05, 0.1) is 12.7 Å². The number of amides is 2. The van der Waals surface area contributed by atoms with E-state index in [9.17, 15) is 14.0 Å². The average molecular weight is 241 g/mol. The van der Waals surface area contributed by atoms with Gasteiger partial charge in [0.25, 0.3) is 0 Å². The number of aromatic nitrogens is 1. The Bertz CT molecular complexity index is 420. The van der Waals surface area contributed by atoms with Gasteiger partial charge in [0, 0.05) is 6.42 Å². The maximum absolute atomic E-state index is 13.2. The minimum Gasteiger partial charge on any atom is -0.448 e. The zero-order valence-electron chi connectivity index (χ0n) is 9.01. The standard InChI is InChI=1S/C10H12FN3O3/c11-6-3-7(10(12)16)14(5-6)9(15)4-8-13-1-2-17-8/h1-2,6-7H,3-5H2,(H2,12,16). The van der Waals surface area contributed by atoms with Gasteiger partial charge in [0.1, 0.15) is 24.9 Å². The number of hydrogen-bond donors (Lipinski definition) is 1. The second-order valence-electron chi connectivity index (χ2n) is 3.90. The number of primary amides is 1. The van der Waals surface area contributed by atoms with Gasteiger partial charge in [-0.25, -0.2) is 9.37 Å². The fourth-order valence-corrected chi connectivity index (χ4v) is 1.90. The average Bonchev–Trinajstić information content (AvgIpc) is 2.86. The molecular formula is C10H12FN3O3. The third kappa shape index (κ3) is 2.43. The van der Waals surface area contributed by atoms with Crippen molar-refractivity contribution in [3.05, 3.63) is 18.4 Å². The lowest BCUT2D eigenvalue weighted by Gasteiger charge is -2.20. The van der Waals surface area contributed by atoms with E-state index in [4.69, 9.17) is 10.2 Å². The van der Waals surface area contributed by atoms with Crippen LogP contribution in [0.25, 0.3) is 0 Å². The number of hydrogen-bond acceptors (Lipinski definition) is 4. The van der Waals surface area contributed by atoms with Crippen LogP contribution in [0.15, 0.2) is 16.9 Å². The Labute approximate surface area is 96.6 Å². The number of nitrogens with zero attached hydrogens (tertiary/aromatic N) is 2. The lowest BCUT2D eigenvalue weighted by molar-refractivity contribution is -0.137. The van der Waals surface area contributed by atoms with E-state index in [0.29, 0.717) is 0 Å². The molecule has 0 saturated carbocycles. The van der Waals surface area contributed by atoms with Crippen molar-refractivity contribution >= 4 is 11.8 Å². The highest BCUT2D eigenvalue weighted by molar-refractivity contribution is 5.87. The quantitative estimate of drug-likeness (QED) is 0.782. The van der Waals surface area contributed by atoms with Crippen molar-refractivity contribution in [2.45, 2.75) is 25.1 Å². The summed E-state index contributed by atoms with van der Waals surface area (Å²) in [5.74, 6) is -0.858. The molecule has 2 amide bonds. The molecule has 2 atom stereocenters. The number of rotatable bonds is 3. The highest BCUT2D eigenvalue weighted by atomic mass is 19.1. The van der Waals surface area contributed by atoms with Crippen LogP contribution in [0.4, 0.5) is 4.39 Å². The molecule has 0 aliphatic carbocycles. The van der Waals surface area contributed by atoms with Gasteiger partial charge in [0.2, 0.25) is 17.7 Å². The molecule has 1 aromatic heterocycles. The fraction of sp³-hybridized carbons (Fsp3) is 0.500. The third-order valence-corrected chi connectivity index (χ3v) is 2.68. The highest BCUT2D eigenvalue weighted by Crippen LogP contribution is 2.21. The lowest BCUT2D eigenvalue weighted by Crippen LogP contribution is -2.44. The van der Waals surface area contributed by atoms with E-state index in [1.165, 1.54) is 12.5 Å². The van der Waals surface area contributed by atoms with E-state index >= 15 is 0 Å². The lowest BCUT2D eigenvalue weighted by atomic mass is 10.2. The molecule has 1 fully saturated rings. The molecule has 0 spiro atoms. The molecule has 0 radical (unpaired) electrons. The van der Waals surface area contributed by atoms with E-state index in [1.54, 1.807) is 0 Å². The third-order valence-electron chi connectivity index (χ3n) is 2.68. The van der Waals surface area contributed by atoms with Gasteiger partial charge in [-0.3, -0.25) is 9.59 Å². The molecule has 1 saturated heterocycles. The SMILES string of the molecule is NC(=O)C1CC(F)CN1C(=O)Cc1ncco1. The van der Waals surface area contributed by atoms with E-state index in [-0.39, 0.29) is 25.3 Å². The Kier molecular flexibility index (Phi) is 3.08. The summed E-state index contributed by atoms with van der Waals surface area (Å²) in [5.41, 5.74) is 5.12. The Hall–Kier alpha value is -1.92. The minimum absolute atomic E-state index is 0.0351. The summed E-state index contributed by atoms with van der Waals surface area (Å²) in [5, 5.41) is 0. The van der Waals surface area contributed by atoms with E-state index < -0.39 is 24.0 Å². The van der Waals surface area contributed by atoms with Gasteiger partial charge < -0.3 is 15.1 Å². The van der Waals surface area contributed by atoms with Crippen LogP contribution in [0, 0.1) is 0 Å². The molecule has 7 heteroatoms. The number of oxazole rings is 1. The monoisotopic (exact) mass is 241 g/mol. The zero-order valence-corrected chi connectivity index (χ0v) is 9.01. The maximum Gasteiger partial charge on any atom is 0.240 e. The van der Waals surface area contributed by atoms with Crippen molar-refractivity contribution < 1.29 is 18.4 Å². The molecule has 1 aromatic rings. The van der Waals surface area contributed by atoms with Crippen molar-refractivity contribution in [2.75, 3.05) is 6.54 Å². The molecule has 2 rings (SSSR count). The molecule has 1 aliphatic heterocycles. The highest BCUT2D eigenvalue weighted by Gasteiger charge is 2.38. The second kappa shape index (κ2) is 4.52. The fourth-order valence-electron chi connectivity index (χ4n) is 1.90. The summed E-state index contributed by atoms with van der Waals surface area (Å²) in [7, 11) is 0. The van der Waals surface area contributed by atoms with Gasteiger partial charge in [-0.2, -0.15) is 0 Å². The van der Waals surface area contributed by atoms with Crippen LogP contribution in [0.5, 0.6) is 0 Å². The van der Waals surface area contributed by atoms with Crippen molar-refractivity contribution in [1.29, 1.82) is 0 Å². The summed E-state index contributed by atoms with van der Waals surface area (Å²) in [6.07, 6.45) is 1.42. The number of halogens is 1. The molecule has 6 nitrogen and oxygen atoms in total. The Morgan fingerprint density at radius 2 is 2.41 bits per heavy atom. The minimum atomic E-state index is -1.21. The predicted molar refractivity (Wildman–Crippen MR) is 54.4 cm³/mol. The van der Waals surface area contributed by atoms with Crippen molar-refractivity contribution in [2.24, 2.45) is 5.73 Å². The molecule has 2 unspecified atom stereocenters. The molecule has 1 aliphatic rings. The van der Waals surface area contributed by atoms with Crippen molar-refractivity contribution in [1.82, 2.24) is 9.88 Å². The smallest absolute Gasteiger partial charge is 0.240 e. The maximum atomic E-state index is 13.2. The van der Waals surface area contributed by atoms with Gasteiger partial charge >= 0.3 is 0 Å². The van der Waals surface area contributed by atoms with Gasteiger partial charge in [-0.15, -0.1) is 0 Å². The Morgan fingerprint density at radius 3 is 3.00 bits per heavy atom. The summed E-state index contributed by atoms with van der Waals surface area (Å²) in [6.45, 7) is -0.104. The first-order chi connectivity index (χ1) is 8.08. The summed E-state index contributed by atoms with van der Waals surface area (Å²) in [6, 6.07) is -0.868. The van der Waals surface area contributed by atoms with Gasteiger partial charge in [0.15, 0.2) is 0 Å². The number of alkyl halides is 1.